The van der Waals surface area contributed by atoms with Gasteiger partial charge in [-0.25, -0.2) is 9.59 Å². The molecule has 1 N–H and O–H groups in total. The molecule has 2 aromatic carbocycles. The molecule has 158 valence electrons. The van der Waals surface area contributed by atoms with Crippen molar-refractivity contribution < 1.29 is 29.0 Å². The molecule has 1 aliphatic heterocycles. The van der Waals surface area contributed by atoms with E-state index in [-0.39, 0.29) is 29.7 Å². The number of amides is 1. The van der Waals surface area contributed by atoms with Gasteiger partial charge in [0.1, 0.15) is 11.9 Å². The van der Waals surface area contributed by atoms with Gasteiger partial charge in [0.15, 0.2) is 0 Å². The molecule has 0 saturated carbocycles. The lowest BCUT2D eigenvalue weighted by Gasteiger charge is -2.22. The van der Waals surface area contributed by atoms with E-state index in [4.69, 9.17) is 14.6 Å². The number of carboxylic acids is 1. The maximum atomic E-state index is 12.4. The molecule has 1 amide bonds. The summed E-state index contributed by atoms with van der Waals surface area (Å²) in [6, 6.07) is 13.8. The third-order valence-electron chi connectivity index (χ3n) is 5.56. The van der Waals surface area contributed by atoms with E-state index < -0.39 is 5.97 Å². The highest BCUT2D eigenvalue weighted by atomic mass is 16.6. The van der Waals surface area contributed by atoms with Crippen molar-refractivity contribution in [3.8, 4) is 5.75 Å². The van der Waals surface area contributed by atoms with E-state index in [1.165, 1.54) is 0 Å². The predicted molar refractivity (Wildman–Crippen MR) is 110 cm³/mol. The van der Waals surface area contributed by atoms with Gasteiger partial charge in [0.25, 0.3) is 6.47 Å². The first kappa shape index (κ1) is 21.4. The molecule has 1 heterocycles. The Morgan fingerprint density at radius 2 is 1.80 bits per heavy atom. The maximum Gasteiger partial charge on any atom is 0.410 e. The van der Waals surface area contributed by atoms with Crippen LogP contribution in [0.2, 0.25) is 0 Å². The van der Waals surface area contributed by atoms with Gasteiger partial charge in [-0.2, -0.15) is 0 Å². The van der Waals surface area contributed by atoms with Gasteiger partial charge < -0.3 is 14.6 Å². The molecule has 0 bridgehead atoms. The van der Waals surface area contributed by atoms with Crippen molar-refractivity contribution in [2.75, 3.05) is 6.54 Å². The largest absolute Gasteiger partial charge is 0.478 e. The number of benzene rings is 2. The van der Waals surface area contributed by atoms with E-state index in [2.05, 4.69) is 6.92 Å². The molecule has 30 heavy (non-hydrogen) atoms. The van der Waals surface area contributed by atoms with Crippen molar-refractivity contribution in [2.24, 2.45) is 0 Å². The highest BCUT2D eigenvalue weighted by Gasteiger charge is 2.34. The number of nitrogens with zero attached hydrogens (tertiary/aromatic N) is 1. The molecule has 0 unspecified atom stereocenters. The second kappa shape index (κ2) is 9.43. The fraction of sp³-hybridized carbons (Fsp3) is 0.348. The van der Waals surface area contributed by atoms with Crippen molar-refractivity contribution in [1.29, 1.82) is 0 Å². The first-order valence-electron chi connectivity index (χ1n) is 9.89. The van der Waals surface area contributed by atoms with Crippen molar-refractivity contribution in [3.05, 3.63) is 65.2 Å². The van der Waals surface area contributed by atoms with Gasteiger partial charge in [-0.05, 0) is 61.1 Å². The minimum Gasteiger partial charge on any atom is -0.478 e. The number of carbonyl (C=O) groups excluding carboxylic acids is 2. The Balaban J connectivity index is 1.54. The van der Waals surface area contributed by atoms with Crippen LogP contribution in [0, 0.1) is 0 Å². The summed E-state index contributed by atoms with van der Waals surface area (Å²) in [4.78, 5) is 35.4. The summed E-state index contributed by atoms with van der Waals surface area (Å²) in [6.07, 6.45) is 1.03. The molecule has 1 saturated heterocycles. The average Bonchev–Trinajstić information content (AvgIpc) is 3.13. The fourth-order valence-electron chi connectivity index (χ4n) is 3.63. The molecule has 0 aliphatic carbocycles. The van der Waals surface area contributed by atoms with Crippen molar-refractivity contribution in [3.63, 3.8) is 0 Å². The molecule has 0 radical (unpaired) electrons. The lowest BCUT2D eigenvalue weighted by molar-refractivity contribution is -0.120. The first-order chi connectivity index (χ1) is 14.4. The smallest absolute Gasteiger partial charge is 0.410 e. The highest BCUT2D eigenvalue weighted by Crippen LogP contribution is 2.30. The number of aromatic carboxylic acids is 1. The molecular formula is C23H25NO6. The third-order valence-corrected chi connectivity index (χ3v) is 5.56. The summed E-state index contributed by atoms with van der Waals surface area (Å²) in [5, 5.41) is 9.00. The molecule has 3 rings (SSSR count). The van der Waals surface area contributed by atoms with Crippen molar-refractivity contribution in [1.82, 2.24) is 4.90 Å². The first-order valence-corrected chi connectivity index (χ1v) is 9.89. The zero-order valence-corrected chi connectivity index (χ0v) is 17.0. The van der Waals surface area contributed by atoms with E-state index in [0.717, 1.165) is 24.0 Å². The Hall–Kier alpha value is -3.35. The molecule has 2 aromatic rings. The Morgan fingerprint density at radius 3 is 2.40 bits per heavy atom. The van der Waals surface area contributed by atoms with Gasteiger partial charge in [-0.1, -0.05) is 31.2 Å². The van der Waals surface area contributed by atoms with E-state index in [1.807, 2.05) is 31.2 Å². The molecular weight excluding hydrogens is 386 g/mol. The zero-order valence-electron chi connectivity index (χ0n) is 17.0. The van der Waals surface area contributed by atoms with Crippen LogP contribution in [0.4, 0.5) is 4.79 Å². The second-order valence-electron chi connectivity index (χ2n) is 7.52. The number of hydrogen-bond donors (Lipinski definition) is 1. The number of hydrogen-bond acceptors (Lipinski definition) is 5. The fourth-order valence-corrected chi connectivity index (χ4v) is 3.63. The molecule has 3 atom stereocenters. The Bertz CT molecular complexity index is 893. The normalized spacial score (nSPS) is 17.9. The Kier molecular flexibility index (Phi) is 6.72. The van der Waals surface area contributed by atoms with Gasteiger partial charge in [0.05, 0.1) is 18.2 Å². The van der Waals surface area contributed by atoms with Crippen LogP contribution in [-0.4, -0.2) is 41.2 Å². The third kappa shape index (κ3) is 4.97. The standard InChI is InChI=1S/C23H25NO6/c1-15(17-4-6-19(7-5-17)22(26)27)3-10-21-13-24(23(28)30-21)16(2)18-8-11-20(12-9-18)29-14-25/h4-9,11-12,14-16,21H,3,10,13H2,1-2H3,(H,26,27)/t15-,16+,21-/m1/s1. The summed E-state index contributed by atoms with van der Waals surface area (Å²) in [5.74, 6) is -0.260. The summed E-state index contributed by atoms with van der Waals surface area (Å²) in [6.45, 7) is 4.90. The Labute approximate surface area is 175 Å². The molecule has 7 heteroatoms. The molecule has 1 fully saturated rings. The number of cyclic esters (lactones) is 1. The second-order valence-corrected chi connectivity index (χ2v) is 7.52. The molecule has 7 nitrogen and oxygen atoms in total. The quantitative estimate of drug-likeness (QED) is 0.615. The van der Waals surface area contributed by atoms with Crippen LogP contribution in [0.3, 0.4) is 0 Å². The van der Waals surface area contributed by atoms with Gasteiger partial charge in [0.2, 0.25) is 0 Å². The van der Waals surface area contributed by atoms with Crippen LogP contribution in [0.25, 0.3) is 0 Å². The number of carboxylic acid groups (broad SMARTS) is 1. The summed E-state index contributed by atoms with van der Waals surface area (Å²) < 4.78 is 10.4. The monoisotopic (exact) mass is 411 g/mol. The van der Waals surface area contributed by atoms with Crippen LogP contribution in [0.1, 0.15) is 60.1 Å². The summed E-state index contributed by atoms with van der Waals surface area (Å²) in [5.41, 5.74) is 2.26. The number of rotatable bonds is 9. The molecule has 0 aromatic heterocycles. The van der Waals surface area contributed by atoms with Gasteiger partial charge in [-0.15, -0.1) is 0 Å². The average molecular weight is 411 g/mol. The maximum absolute atomic E-state index is 12.4. The van der Waals surface area contributed by atoms with Crippen molar-refractivity contribution >= 4 is 18.5 Å². The summed E-state index contributed by atoms with van der Waals surface area (Å²) >= 11 is 0. The van der Waals surface area contributed by atoms with Crippen LogP contribution >= 0.6 is 0 Å². The van der Waals surface area contributed by atoms with Crippen LogP contribution in [0.15, 0.2) is 48.5 Å². The minimum absolute atomic E-state index is 0.159. The van der Waals surface area contributed by atoms with Crippen molar-refractivity contribution in [2.45, 2.75) is 44.8 Å². The van der Waals surface area contributed by atoms with Crippen LogP contribution in [-0.2, 0) is 9.53 Å². The van der Waals surface area contributed by atoms with E-state index in [0.29, 0.717) is 18.8 Å². The zero-order chi connectivity index (χ0) is 21.7. The lowest BCUT2D eigenvalue weighted by Crippen LogP contribution is -2.28. The number of ether oxygens (including phenoxy) is 2. The minimum atomic E-state index is -0.938. The topological polar surface area (TPSA) is 93.1 Å². The van der Waals surface area contributed by atoms with Gasteiger partial charge >= 0.3 is 12.1 Å². The SMILES string of the molecule is C[C@H](CC[C@@H]1CN([C@@H](C)c2ccc(OC=O)cc2)C(=O)O1)c1ccc(C(=O)O)cc1. The predicted octanol–water partition coefficient (Wildman–Crippen LogP) is 4.39. The Morgan fingerprint density at radius 1 is 1.17 bits per heavy atom. The lowest BCUT2D eigenvalue weighted by atomic mass is 9.94. The molecule has 1 aliphatic rings. The molecule has 0 spiro atoms. The number of carbonyl (C=O) groups is 3. The van der Waals surface area contributed by atoms with E-state index in [1.54, 1.807) is 29.2 Å². The van der Waals surface area contributed by atoms with E-state index in [9.17, 15) is 14.4 Å². The van der Waals surface area contributed by atoms with Crippen LogP contribution < -0.4 is 4.74 Å². The highest BCUT2D eigenvalue weighted by molar-refractivity contribution is 5.87. The van der Waals surface area contributed by atoms with Gasteiger partial charge in [-0.3, -0.25) is 9.69 Å². The summed E-state index contributed by atoms with van der Waals surface area (Å²) in [7, 11) is 0. The van der Waals surface area contributed by atoms with E-state index >= 15 is 0 Å². The van der Waals surface area contributed by atoms with Crippen LogP contribution in [0.5, 0.6) is 5.75 Å². The van der Waals surface area contributed by atoms with Gasteiger partial charge in [0, 0.05) is 0 Å².